The van der Waals surface area contributed by atoms with Gasteiger partial charge in [0.15, 0.2) is 5.13 Å². The molecule has 1 aliphatic rings. The molecule has 0 aromatic carbocycles. The quantitative estimate of drug-likeness (QED) is 0.868. The van der Waals surface area contributed by atoms with E-state index >= 15 is 0 Å². The zero-order valence-electron chi connectivity index (χ0n) is 11.3. The zero-order chi connectivity index (χ0) is 13.8. The molecule has 2 rings (SSSR count). The molecule has 1 saturated heterocycles. The molecule has 0 spiro atoms. The number of nitrogen functional groups attached to an aromatic ring is 1. The van der Waals surface area contributed by atoms with E-state index in [0.29, 0.717) is 22.5 Å². The number of nitrogens with two attached hydrogens (primary N) is 1. The fourth-order valence-corrected chi connectivity index (χ4v) is 3.13. The molecule has 106 valence electrons. The van der Waals surface area contributed by atoms with Crippen molar-refractivity contribution < 1.29 is 4.79 Å². The third-order valence-electron chi connectivity index (χ3n) is 3.18. The fraction of sp³-hybridized carbons (Fsp3) is 0.667. The molecular weight excluding hydrogens is 280 g/mol. The molecule has 0 bridgehead atoms. The second-order valence-corrected chi connectivity index (χ2v) is 6.91. The van der Waals surface area contributed by atoms with Crippen LogP contribution < -0.4 is 16.0 Å². The predicted molar refractivity (Wildman–Crippen MR) is 83.3 cm³/mol. The molecular formula is C12H20N4OS2. The summed E-state index contributed by atoms with van der Waals surface area (Å²) in [5, 5.41) is 4.18. The summed E-state index contributed by atoms with van der Waals surface area (Å²) in [4.78, 5) is 19.1. The first-order valence-electron chi connectivity index (χ1n) is 6.44. The van der Waals surface area contributed by atoms with Crippen LogP contribution >= 0.6 is 23.1 Å². The maximum Gasteiger partial charge on any atom is 0.265 e. The number of rotatable bonds is 5. The van der Waals surface area contributed by atoms with Crippen LogP contribution in [0.25, 0.3) is 0 Å². The van der Waals surface area contributed by atoms with Crippen LogP contribution in [0.2, 0.25) is 0 Å². The van der Waals surface area contributed by atoms with Gasteiger partial charge in [0.2, 0.25) is 0 Å². The van der Waals surface area contributed by atoms with Crippen molar-refractivity contribution in [3.05, 3.63) is 4.88 Å². The van der Waals surface area contributed by atoms with Gasteiger partial charge in [-0.05, 0) is 19.1 Å². The topological polar surface area (TPSA) is 71.2 Å². The van der Waals surface area contributed by atoms with Gasteiger partial charge in [0.1, 0.15) is 10.7 Å². The number of thioether (sulfide) groups is 1. The number of anilines is 2. The lowest BCUT2D eigenvalue weighted by atomic mass is 10.4. The Hall–Kier alpha value is -0.950. The maximum absolute atomic E-state index is 12.1. The summed E-state index contributed by atoms with van der Waals surface area (Å²) in [7, 11) is 0. The molecule has 3 N–H and O–H groups in total. The average molecular weight is 300 g/mol. The van der Waals surface area contributed by atoms with Gasteiger partial charge in [0.05, 0.1) is 0 Å². The lowest BCUT2D eigenvalue weighted by molar-refractivity contribution is 0.0959. The summed E-state index contributed by atoms with van der Waals surface area (Å²) < 4.78 is 0. The number of nitrogens with zero attached hydrogens (tertiary/aromatic N) is 2. The van der Waals surface area contributed by atoms with Gasteiger partial charge in [-0.25, -0.2) is 4.98 Å². The van der Waals surface area contributed by atoms with Crippen molar-refractivity contribution in [2.24, 2.45) is 0 Å². The van der Waals surface area contributed by atoms with Crippen molar-refractivity contribution in [1.29, 1.82) is 0 Å². The van der Waals surface area contributed by atoms with E-state index in [4.69, 9.17) is 5.73 Å². The largest absolute Gasteiger partial charge is 0.382 e. The summed E-state index contributed by atoms with van der Waals surface area (Å²) in [6.45, 7) is 4.75. The SMILES string of the molecule is CSC(C)CNC(=O)c1sc(N2CCCC2)nc1N. The minimum atomic E-state index is -0.110. The highest BCUT2D eigenvalue weighted by Crippen LogP contribution is 2.30. The molecule has 1 atom stereocenters. The molecule has 7 heteroatoms. The number of nitrogens with one attached hydrogen (secondary N) is 1. The van der Waals surface area contributed by atoms with Crippen LogP contribution in [0.5, 0.6) is 0 Å². The molecule has 1 aliphatic heterocycles. The molecule has 19 heavy (non-hydrogen) atoms. The highest BCUT2D eigenvalue weighted by molar-refractivity contribution is 7.99. The molecule has 0 aliphatic carbocycles. The Morgan fingerprint density at radius 1 is 1.58 bits per heavy atom. The van der Waals surface area contributed by atoms with Crippen molar-refractivity contribution in [2.75, 3.05) is 36.5 Å². The van der Waals surface area contributed by atoms with Gasteiger partial charge >= 0.3 is 0 Å². The number of carbonyl (C=O) groups excluding carboxylic acids is 1. The molecule has 1 aromatic heterocycles. The van der Waals surface area contributed by atoms with Crippen LogP contribution in [0, 0.1) is 0 Å². The summed E-state index contributed by atoms with van der Waals surface area (Å²) in [5.41, 5.74) is 5.86. The molecule has 1 aromatic rings. The normalized spacial score (nSPS) is 16.6. The van der Waals surface area contributed by atoms with Crippen LogP contribution in [0.15, 0.2) is 0 Å². The fourth-order valence-electron chi connectivity index (χ4n) is 1.93. The van der Waals surface area contributed by atoms with Gasteiger partial charge in [-0.1, -0.05) is 18.3 Å². The van der Waals surface area contributed by atoms with Crippen molar-refractivity contribution in [2.45, 2.75) is 25.0 Å². The van der Waals surface area contributed by atoms with E-state index < -0.39 is 0 Å². The van der Waals surface area contributed by atoms with Gasteiger partial charge < -0.3 is 16.0 Å². The van der Waals surface area contributed by atoms with Crippen LogP contribution in [0.4, 0.5) is 10.9 Å². The average Bonchev–Trinajstić information content (AvgIpc) is 3.04. The first-order valence-corrected chi connectivity index (χ1v) is 8.54. The molecule has 0 radical (unpaired) electrons. The minimum absolute atomic E-state index is 0.110. The predicted octanol–water partition coefficient (Wildman–Crippen LogP) is 1.81. The monoisotopic (exact) mass is 300 g/mol. The number of amides is 1. The van der Waals surface area contributed by atoms with Crippen LogP contribution in [0.1, 0.15) is 29.4 Å². The van der Waals surface area contributed by atoms with Crippen molar-refractivity contribution >= 4 is 40.0 Å². The Balaban J connectivity index is 2.01. The number of hydrogen-bond acceptors (Lipinski definition) is 6. The first-order chi connectivity index (χ1) is 9.11. The van der Waals surface area contributed by atoms with Gasteiger partial charge in [-0.2, -0.15) is 11.8 Å². The van der Waals surface area contributed by atoms with E-state index in [9.17, 15) is 4.79 Å². The summed E-state index contributed by atoms with van der Waals surface area (Å²) in [6, 6.07) is 0. The summed E-state index contributed by atoms with van der Waals surface area (Å²) in [5.74, 6) is 0.238. The zero-order valence-corrected chi connectivity index (χ0v) is 12.9. The Morgan fingerprint density at radius 3 is 2.89 bits per heavy atom. The minimum Gasteiger partial charge on any atom is -0.382 e. The van der Waals surface area contributed by atoms with E-state index in [1.54, 1.807) is 11.8 Å². The molecule has 1 amide bonds. The first kappa shape index (κ1) is 14.5. The van der Waals surface area contributed by atoms with Gasteiger partial charge in [0, 0.05) is 24.9 Å². The second kappa shape index (κ2) is 6.47. The Morgan fingerprint density at radius 2 is 2.26 bits per heavy atom. The van der Waals surface area contributed by atoms with Crippen LogP contribution in [-0.2, 0) is 0 Å². The molecule has 1 unspecified atom stereocenters. The Labute approximate surface area is 122 Å². The third-order valence-corrected chi connectivity index (χ3v) is 5.28. The Bertz CT molecular complexity index is 443. The Kier molecular flexibility index (Phi) is 4.93. The maximum atomic E-state index is 12.1. The van der Waals surface area contributed by atoms with Gasteiger partial charge in [0.25, 0.3) is 5.91 Å². The van der Waals surface area contributed by atoms with Crippen LogP contribution in [0.3, 0.4) is 0 Å². The highest BCUT2D eigenvalue weighted by Gasteiger charge is 2.21. The second-order valence-electron chi connectivity index (χ2n) is 4.66. The lowest BCUT2D eigenvalue weighted by Gasteiger charge is -2.12. The van der Waals surface area contributed by atoms with Crippen molar-refractivity contribution in [3.8, 4) is 0 Å². The molecule has 5 nitrogen and oxygen atoms in total. The summed E-state index contributed by atoms with van der Waals surface area (Å²) in [6.07, 6.45) is 4.40. The third kappa shape index (κ3) is 3.54. The van der Waals surface area contributed by atoms with E-state index in [1.165, 1.54) is 24.2 Å². The highest BCUT2D eigenvalue weighted by atomic mass is 32.2. The standard InChI is InChI=1S/C12H20N4OS2/c1-8(18-2)7-14-11(17)9-10(13)15-12(19-9)16-5-3-4-6-16/h8H,3-7,13H2,1-2H3,(H,14,17). The number of carbonyl (C=O) groups is 1. The van der Waals surface area contributed by atoms with E-state index in [1.807, 2.05) is 6.26 Å². The number of thiazole rings is 1. The molecule has 0 saturated carbocycles. The van der Waals surface area contributed by atoms with E-state index in [0.717, 1.165) is 18.2 Å². The smallest absolute Gasteiger partial charge is 0.265 e. The number of hydrogen-bond donors (Lipinski definition) is 2. The van der Waals surface area contributed by atoms with Gasteiger partial charge in [-0.3, -0.25) is 4.79 Å². The summed E-state index contributed by atoms with van der Waals surface area (Å²) >= 11 is 3.12. The van der Waals surface area contributed by atoms with Crippen LogP contribution in [-0.4, -0.2) is 42.0 Å². The van der Waals surface area contributed by atoms with Crippen molar-refractivity contribution in [3.63, 3.8) is 0 Å². The number of aromatic nitrogens is 1. The van der Waals surface area contributed by atoms with E-state index in [-0.39, 0.29) is 5.91 Å². The van der Waals surface area contributed by atoms with Crippen molar-refractivity contribution in [1.82, 2.24) is 10.3 Å². The van der Waals surface area contributed by atoms with E-state index in [2.05, 4.69) is 22.1 Å². The molecule has 1 fully saturated rings. The molecule has 2 heterocycles. The van der Waals surface area contributed by atoms with Gasteiger partial charge in [-0.15, -0.1) is 0 Å². The lowest BCUT2D eigenvalue weighted by Crippen LogP contribution is -2.29.